The van der Waals surface area contributed by atoms with Crippen LogP contribution in [0.5, 0.6) is 0 Å². The van der Waals surface area contributed by atoms with E-state index in [9.17, 15) is 4.57 Å². The summed E-state index contributed by atoms with van der Waals surface area (Å²) >= 11 is 0. The van der Waals surface area contributed by atoms with Crippen molar-refractivity contribution in [2.75, 3.05) is 0 Å². The molecule has 0 aliphatic carbocycles. The van der Waals surface area contributed by atoms with Crippen LogP contribution < -0.4 is 0 Å². The zero-order chi connectivity index (χ0) is 6.36. The molecule has 2 unspecified atom stereocenters. The number of ether oxygens (including phenoxy) is 1. The molecule has 0 aromatic heterocycles. The van der Waals surface area contributed by atoms with Gasteiger partial charge in [0.15, 0.2) is 5.85 Å². The van der Waals surface area contributed by atoms with Crippen molar-refractivity contribution in [3.05, 3.63) is 0 Å². The van der Waals surface area contributed by atoms with Crippen LogP contribution in [-0.4, -0.2) is 21.7 Å². The van der Waals surface area contributed by atoms with Gasteiger partial charge in [-0.1, -0.05) is 0 Å². The molecule has 2 atom stereocenters. The van der Waals surface area contributed by atoms with E-state index in [0.29, 0.717) is 0 Å². The Kier molecular flexibility index (Phi) is 1.20. The molecule has 1 saturated heterocycles. The van der Waals surface area contributed by atoms with Crippen molar-refractivity contribution < 1.29 is 19.1 Å². The maximum Gasteiger partial charge on any atom is 0.356 e. The Hall–Kier alpha value is 0.110. The molecule has 48 valence electrons. The number of hydrogen-bond acceptors (Lipinski definition) is 2. The summed E-state index contributed by atoms with van der Waals surface area (Å²) in [6, 6.07) is 0. The van der Waals surface area contributed by atoms with Crippen LogP contribution in [0.3, 0.4) is 0 Å². The summed E-state index contributed by atoms with van der Waals surface area (Å²) in [6.45, 7) is 1.63. The zero-order valence-corrected chi connectivity index (χ0v) is 5.21. The molecule has 1 aliphatic rings. The second-order valence-electron chi connectivity index (χ2n) is 1.82. The first-order valence-electron chi connectivity index (χ1n) is 2.22. The average molecular weight is 140 g/mol. The molecule has 1 rings (SSSR count). The number of hydrogen-bond donors (Lipinski definition) is 2. The van der Waals surface area contributed by atoms with E-state index in [1.54, 1.807) is 6.92 Å². The van der Waals surface area contributed by atoms with Gasteiger partial charge in [-0.05, 0) is 6.92 Å². The van der Waals surface area contributed by atoms with E-state index in [1.807, 2.05) is 0 Å². The fraction of sp³-hybridized carbons (Fsp3) is 1.00. The van der Waals surface area contributed by atoms with Crippen molar-refractivity contribution in [1.29, 1.82) is 0 Å². The van der Waals surface area contributed by atoms with Crippen LogP contribution in [0.25, 0.3) is 0 Å². The Morgan fingerprint density at radius 3 is 2.00 bits per heavy atom. The maximum atomic E-state index is 10.2. The van der Waals surface area contributed by atoms with Gasteiger partial charge in [0.2, 0.25) is 0 Å². The zero-order valence-electron chi connectivity index (χ0n) is 4.31. The summed E-state index contributed by atoms with van der Waals surface area (Å²) in [5, 5.41) is 0. The summed E-state index contributed by atoms with van der Waals surface area (Å²) in [5.74, 6) is -0.817. The van der Waals surface area contributed by atoms with E-state index in [4.69, 9.17) is 9.79 Å². The Morgan fingerprint density at radius 1 is 1.62 bits per heavy atom. The van der Waals surface area contributed by atoms with E-state index in [0.717, 1.165) is 0 Å². The Labute approximate surface area is 46.6 Å². The predicted octanol–water partition coefficient (Wildman–Crippen LogP) is -0.0911. The fourth-order valence-electron chi connectivity index (χ4n) is 0.527. The van der Waals surface area contributed by atoms with Crippen LogP contribution in [-0.2, 0) is 9.30 Å². The van der Waals surface area contributed by atoms with Crippen molar-refractivity contribution in [3.63, 3.8) is 0 Å². The van der Waals surface area contributed by atoms with Crippen LogP contribution >= 0.6 is 7.60 Å². The molecule has 8 heavy (non-hydrogen) atoms. The van der Waals surface area contributed by atoms with Crippen molar-refractivity contribution in [2.24, 2.45) is 0 Å². The molecule has 0 amide bonds. The Balaban J connectivity index is 2.52. The minimum absolute atomic E-state index is 0.254. The third kappa shape index (κ3) is 1.09. The van der Waals surface area contributed by atoms with Gasteiger partial charge in [-0.3, -0.25) is 4.57 Å². The molecule has 0 bridgehead atoms. The molecule has 0 radical (unpaired) electrons. The van der Waals surface area contributed by atoms with Gasteiger partial charge in [0.05, 0.1) is 6.10 Å². The molecule has 1 fully saturated rings. The molecule has 0 saturated carbocycles. The van der Waals surface area contributed by atoms with E-state index in [1.165, 1.54) is 0 Å². The predicted molar refractivity (Wildman–Crippen MR) is 26.4 cm³/mol. The lowest BCUT2D eigenvalue weighted by atomic mass is 10.8. The molecule has 5 heteroatoms. The summed E-state index contributed by atoms with van der Waals surface area (Å²) < 4.78 is 14.7. The van der Waals surface area contributed by atoms with Gasteiger partial charge in [0.25, 0.3) is 0 Å². The highest BCUT2D eigenvalue weighted by Gasteiger charge is 2.48. The van der Waals surface area contributed by atoms with Gasteiger partial charge < -0.3 is 14.5 Å². The van der Waals surface area contributed by atoms with Crippen LogP contribution in [0.2, 0.25) is 0 Å². The summed E-state index contributed by atoms with van der Waals surface area (Å²) in [5.41, 5.74) is 0. The van der Waals surface area contributed by atoms with Crippen molar-refractivity contribution in [1.82, 2.24) is 0 Å². The maximum absolute atomic E-state index is 10.2. The standard InChI is InChI=1S/C3H7O4P/c1-2-3(7-2)8(4,5)6/h2-3H,1H3,(H2,4,5,6)/i1+2. The normalized spacial score (nSPS) is 37.4. The molecule has 0 aromatic rings. The van der Waals surface area contributed by atoms with Crippen LogP contribution in [0.4, 0.5) is 0 Å². The summed E-state index contributed by atoms with van der Waals surface area (Å²) in [6.07, 6.45) is -0.254. The highest BCUT2D eigenvalue weighted by atomic mass is 31.2. The van der Waals surface area contributed by atoms with E-state index >= 15 is 0 Å². The second-order valence-corrected chi connectivity index (χ2v) is 3.51. The summed E-state index contributed by atoms with van der Waals surface area (Å²) in [7, 11) is -3.90. The van der Waals surface area contributed by atoms with Crippen molar-refractivity contribution in [2.45, 2.75) is 18.9 Å². The molecular formula is C3H7O4P. The van der Waals surface area contributed by atoms with E-state index in [2.05, 4.69) is 4.74 Å². The highest BCUT2D eigenvalue weighted by Crippen LogP contribution is 2.52. The molecule has 1 heterocycles. The molecular weight excluding hydrogens is 133 g/mol. The Morgan fingerprint density at radius 2 is 2.00 bits per heavy atom. The van der Waals surface area contributed by atoms with Gasteiger partial charge in [-0.15, -0.1) is 0 Å². The van der Waals surface area contributed by atoms with Gasteiger partial charge in [-0.2, -0.15) is 0 Å². The average Bonchev–Trinajstić information content (AvgIpc) is 2.13. The first-order chi connectivity index (χ1) is 3.52. The van der Waals surface area contributed by atoms with Gasteiger partial charge in [0, 0.05) is 0 Å². The van der Waals surface area contributed by atoms with Crippen LogP contribution in [0, 0.1) is 0 Å². The lowest BCUT2D eigenvalue weighted by molar-refractivity contribution is 0.333. The van der Waals surface area contributed by atoms with E-state index < -0.39 is 13.4 Å². The topological polar surface area (TPSA) is 70.1 Å². The lowest BCUT2D eigenvalue weighted by Gasteiger charge is -1.93. The lowest BCUT2D eigenvalue weighted by Crippen LogP contribution is -1.89. The third-order valence-electron chi connectivity index (χ3n) is 1.01. The molecule has 1 aliphatic heterocycles. The molecule has 2 N–H and O–H groups in total. The quantitative estimate of drug-likeness (QED) is 0.394. The largest absolute Gasteiger partial charge is 0.356 e. The number of epoxide rings is 1. The van der Waals surface area contributed by atoms with Crippen molar-refractivity contribution in [3.8, 4) is 0 Å². The fourth-order valence-corrected chi connectivity index (χ4v) is 1.42. The molecule has 0 spiro atoms. The van der Waals surface area contributed by atoms with Gasteiger partial charge in [0.1, 0.15) is 0 Å². The highest BCUT2D eigenvalue weighted by molar-refractivity contribution is 7.52. The molecule has 4 nitrogen and oxygen atoms in total. The van der Waals surface area contributed by atoms with Gasteiger partial charge in [-0.25, -0.2) is 0 Å². The van der Waals surface area contributed by atoms with Gasteiger partial charge >= 0.3 is 7.60 Å². The van der Waals surface area contributed by atoms with Crippen LogP contribution in [0.1, 0.15) is 6.92 Å². The van der Waals surface area contributed by atoms with Crippen molar-refractivity contribution >= 4 is 7.60 Å². The minimum atomic E-state index is -3.90. The minimum Gasteiger partial charge on any atom is -0.356 e. The summed E-state index contributed by atoms with van der Waals surface area (Å²) in [4.78, 5) is 16.6. The molecule has 0 aromatic carbocycles. The Bertz CT molecular complexity index is 138. The monoisotopic (exact) mass is 140 g/mol. The first-order valence-corrected chi connectivity index (χ1v) is 3.90. The first kappa shape index (κ1) is 6.23. The SMILES string of the molecule is [14CH3]C1OC1P(=O)(O)O. The van der Waals surface area contributed by atoms with Crippen LogP contribution in [0.15, 0.2) is 0 Å². The smallest absolute Gasteiger partial charge is 0.356 e. The third-order valence-corrected chi connectivity index (χ3v) is 2.22. The second kappa shape index (κ2) is 1.54. The number of rotatable bonds is 1. The van der Waals surface area contributed by atoms with E-state index in [-0.39, 0.29) is 6.10 Å².